The predicted octanol–water partition coefficient (Wildman–Crippen LogP) is 2.26. The minimum atomic E-state index is -0.0216. The van der Waals surface area contributed by atoms with E-state index in [2.05, 4.69) is 0 Å². The number of Topliss-reactive ketones (excluding diaryl/α,β-unsaturated/α-hetero) is 1. The Balaban J connectivity index is 2.86. The Morgan fingerprint density at radius 3 is 2.50 bits per heavy atom. The van der Waals surface area contributed by atoms with Gasteiger partial charge in [-0.1, -0.05) is 6.92 Å². The summed E-state index contributed by atoms with van der Waals surface area (Å²) in [4.78, 5) is 12.2. The number of ether oxygens (including phenoxy) is 2. The number of ketones is 1. The molecule has 0 spiro atoms. The molecule has 0 aliphatic heterocycles. The highest BCUT2D eigenvalue weighted by molar-refractivity contribution is 5.98. The zero-order chi connectivity index (χ0) is 13.5. The third-order valence-electron chi connectivity index (χ3n) is 2.96. The van der Waals surface area contributed by atoms with Crippen molar-refractivity contribution in [3.8, 4) is 11.5 Å². The van der Waals surface area contributed by atoms with Crippen LogP contribution in [0.1, 0.15) is 30.1 Å². The van der Waals surface area contributed by atoms with Gasteiger partial charge in [0.1, 0.15) is 0 Å². The highest BCUT2D eigenvalue weighted by atomic mass is 16.5. The van der Waals surface area contributed by atoms with Gasteiger partial charge >= 0.3 is 0 Å². The van der Waals surface area contributed by atoms with Crippen molar-refractivity contribution < 1.29 is 14.3 Å². The molecule has 4 nitrogen and oxygen atoms in total. The van der Waals surface area contributed by atoms with Crippen LogP contribution in [0, 0.1) is 5.92 Å². The highest BCUT2D eigenvalue weighted by Gasteiger charge is 2.16. The van der Waals surface area contributed by atoms with Crippen molar-refractivity contribution >= 4 is 5.78 Å². The summed E-state index contributed by atoms with van der Waals surface area (Å²) in [6, 6.07) is 5.24. The molecule has 0 saturated heterocycles. The zero-order valence-corrected chi connectivity index (χ0v) is 11.2. The van der Waals surface area contributed by atoms with Gasteiger partial charge in [-0.25, -0.2) is 0 Å². The second kappa shape index (κ2) is 7.01. The molecule has 0 saturated carbocycles. The van der Waals surface area contributed by atoms with E-state index in [4.69, 9.17) is 15.2 Å². The van der Waals surface area contributed by atoms with Crippen molar-refractivity contribution in [3.63, 3.8) is 0 Å². The van der Waals surface area contributed by atoms with E-state index in [0.29, 0.717) is 23.6 Å². The maximum absolute atomic E-state index is 12.2. The third kappa shape index (κ3) is 3.47. The molecule has 0 heterocycles. The fourth-order valence-corrected chi connectivity index (χ4v) is 1.83. The molecule has 1 unspecified atom stereocenters. The first-order valence-electron chi connectivity index (χ1n) is 6.10. The second-order valence-corrected chi connectivity index (χ2v) is 4.27. The minimum Gasteiger partial charge on any atom is -0.493 e. The Labute approximate surface area is 108 Å². The number of rotatable bonds is 7. The molecule has 0 radical (unpaired) electrons. The first-order valence-corrected chi connectivity index (χ1v) is 6.10. The van der Waals surface area contributed by atoms with E-state index >= 15 is 0 Å². The molecule has 1 aromatic carbocycles. The molecule has 0 amide bonds. The van der Waals surface area contributed by atoms with Crippen molar-refractivity contribution in [2.45, 2.75) is 19.8 Å². The van der Waals surface area contributed by atoms with Crippen LogP contribution in [0.25, 0.3) is 0 Å². The smallest absolute Gasteiger partial charge is 0.165 e. The number of carbonyl (C=O) groups is 1. The fraction of sp³-hybridized carbons (Fsp3) is 0.500. The average Bonchev–Trinajstić information content (AvgIpc) is 2.42. The first kappa shape index (κ1) is 14.5. The van der Waals surface area contributed by atoms with Crippen LogP contribution in [-0.4, -0.2) is 26.5 Å². The molecule has 0 fully saturated rings. The molecule has 0 aromatic heterocycles. The van der Waals surface area contributed by atoms with Gasteiger partial charge in [-0.05, 0) is 37.6 Å². The summed E-state index contributed by atoms with van der Waals surface area (Å²) in [6.07, 6.45) is 1.67. The number of benzene rings is 1. The zero-order valence-electron chi connectivity index (χ0n) is 11.2. The van der Waals surface area contributed by atoms with E-state index in [-0.39, 0.29) is 11.7 Å². The van der Waals surface area contributed by atoms with E-state index in [1.807, 2.05) is 6.92 Å². The molecule has 0 bridgehead atoms. The Hall–Kier alpha value is -1.55. The quantitative estimate of drug-likeness (QED) is 0.755. The lowest BCUT2D eigenvalue weighted by Gasteiger charge is -2.12. The van der Waals surface area contributed by atoms with Crippen LogP contribution in [0.15, 0.2) is 18.2 Å². The van der Waals surface area contributed by atoms with E-state index in [9.17, 15) is 4.79 Å². The molecular weight excluding hydrogens is 230 g/mol. The Bertz CT molecular complexity index is 404. The van der Waals surface area contributed by atoms with Crippen molar-refractivity contribution in [1.82, 2.24) is 0 Å². The van der Waals surface area contributed by atoms with Gasteiger partial charge in [0.05, 0.1) is 14.2 Å². The maximum Gasteiger partial charge on any atom is 0.165 e. The lowest BCUT2D eigenvalue weighted by molar-refractivity contribution is 0.0923. The van der Waals surface area contributed by atoms with E-state index < -0.39 is 0 Å². The molecule has 2 N–H and O–H groups in total. The number of hydrogen-bond donors (Lipinski definition) is 1. The molecule has 0 aliphatic rings. The van der Waals surface area contributed by atoms with Gasteiger partial charge in [0.15, 0.2) is 17.3 Å². The lowest BCUT2D eigenvalue weighted by Crippen LogP contribution is -2.13. The van der Waals surface area contributed by atoms with Crippen molar-refractivity contribution in [1.29, 1.82) is 0 Å². The maximum atomic E-state index is 12.2. The minimum absolute atomic E-state index is 0.0216. The predicted molar refractivity (Wildman–Crippen MR) is 71.3 cm³/mol. The molecular formula is C14H21NO3. The Morgan fingerprint density at radius 2 is 1.94 bits per heavy atom. The van der Waals surface area contributed by atoms with Crippen LogP contribution in [-0.2, 0) is 0 Å². The summed E-state index contributed by atoms with van der Waals surface area (Å²) in [5.41, 5.74) is 6.10. The largest absolute Gasteiger partial charge is 0.493 e. The number of nitrogens with two attached hydrogens (primary N) is 1. The molecule has 100 valence electrons. The third-order valence-corrected chi connectivity index (χ3v) is 2.96. The Kier molecular flexibility index (Phi) is 5.65. The summed E-state index contributed by atoms with van der Waals surface area (Å²) in [6.45, 7) is 2.54. The average molecular weight is 251 g/mol. The lowest BCUT2D eigenvalue weighted by atomic mass is 9.95. The normalized spacial score (nSPS) is 12.0. The van der Waals surface area contributed by atoms with Crippen molar-refractivity contribution in [3.05, 3.63) is 23.8 Å². The van der Waals surface area contributed by atoms with E-state index in [1.165, 1.54) is 0 Å². The monoisotopic (exact) mass is 251 g/mol. The summed E-state index contributed by atoms with van der Waals surface area (Å²) in [5.74, 6) is 1.30. The number of methoxy groups -OCH3 is 2. The topological polar surface area (TPSA) is 61.5 Å². The van der Waals surface area contributed by atoms with Crippen LogP contribution in [0.2, 0.25) is 0 Å². The molecule has 1 rings (SSSR count). The molecule has 1 aromatic rings. The van der Waals surface area contributed by atoms with Crippen LogP contribution in [0.4, 0.5) is 0 Å². The van der Waals surface area contributed by atoms with E-state index in [1.54, 1.807) is 32.4 Å². The molecule has 0 aliphatic carbocycles. The van der Waals surface area contributed by atoms with Gasteiger partial charge < -0.3 is 15.2 Å². The SMILES string of the molecule is COc1ccc(C(=O)C(C)CCCN)cc1OC. The number of hydrogen-bond acceptors (Lipinski definition) is 4. The van der Waals surface area contributed by atoms with Crippen LogP contribution < -0.4 is 15.2 Å². The van der Waals surface area contributed by atoms with Crippen molar-refractivity contribution in [2.24, 2.45) is 11.7 Å². The summed E-state index contributed by atoms with van der Waals surface area (Å²) in [7, 11) is 3.13. The second-order valence-electron chi connectivity index (χ2n) is 4.27. The van der Waals surface area contributed by atoms with Gasteiger partial charge in [-0.3, -0.25) is 4.79 Å². The molecule has 1 atom stereocenters. The fourth-order valence-electron chi connectivity index (χ4n) is 1.83. The summed E-state index contributed by atoms with van der Waals surface area (Å²) in [5, 5.41) is 0. The van der Waals surface area contributed by atoms with E-state index in [0.717, 1.165) is 12.8 Å². The van der Waals surface area contributed by atoms with Crippen molar-refractivity contribution in [2.75, 3.05) is 20.8 Å². The first-order chi connectivity index (χ1) is 8.63. The van der Waals surface area contributed by atoms with Gasteiger partial charge in [0.25, 0.3) is 0 Å². The van der Waals surface area contributed by atoms with Gasteiger partial charge in [-0.2, -0.15) is 0 Å². The highest BCUT2D eigenvalue weighted by Crippen LogP contribution is 2.28. The molecule has 4 heteroatoms. The summed E-state index contributed by atoms with van der Waals surface area (Å²) < 4.78 is 10.3. The van der Waals surface area contributed by atoms with Gasteiger partial charge in [0.2, 0.25) is 0 Å². The van der Waals surface area contributed by atoms with Crippen LogP contribution in [0.3, 0.4) is 0 Å². The molecule has 18 heavy (non-hydrogen) atoms. The van der Waals surface area contributed by atoms with Gasteiger partial charge in [0, 0.05) is 11.5 Å². The standard InChI is InChI=1S/C14H21NO3/c1-10(5-4-8-15)14(16)11-6-7-12(17-2)13(9-11)18-3/h6-7,9-10H,4-5,8,15H2,1-3H3. The van der Waals surface area contributed by atoms with Gasteiger partial charge in [-0.15, -0.1) is 0 Å². The van der Waals surface area contributed by atoms with Crippen LogP contribution in [0.5, 0.6) is 11.5 Å². The summed E-state index contributed by atoms with van der Waals surface area (Å²) >= 11 is 0. The Morgan fingerprint density at radius 1 is 1.28 bits per heavy atom. The number of carbonyl (C=O) groups excluding carboxylic acids is 1. The van der Waals surface area contributed by atoms with Crippen LogP contribution >= 0.6 is 0 Å².